The van der Waals surface area contributed by atoms with E-state index in [9.17, 15) is 4.79 Å². The van der Waals surface area contributed by atoms with Crippen LogP contribution >= 0.6 is 23.2 Å². The van der Waals surface area contributed by atoms with E-state index in [4.69, 9.17) is 23.2 Å². The average molecular weight is 486 g/mol. The molecule has 8 heteroatoms. The maximum atomic E-state index is 12.9. The maximum absolute atomic E-state index is 12.9. The van der Waals surface area contributed by atoms with Gasteiger partial charge in [0.1, 0.15) is 0 Å². The summed E-state index contributed by atoms with van der Waals surface area (Å²) in [5.74, 6) is 0.252. The van der Waals surface area contributed by atoms with E-state index < -0.39 is 0 Å². The lowest BCUT2D eigenvalue weighted by molar-refractivity contribution is -0.135. The molecule has 2 aliphatic rings. The van der Waals surface area contributed by atoms with Crippen molar-refractivity contribution < 1.29 is 4.79 Å². The van der Waals surface area contributed by atoms with Gasteiger partial charge in [-0.15, -0.1) is 0 Å². The van der Waals surface area contributed by atoms with Gasteiger partial charge in [-0.25, -0.2) is 4.98 Å². The molecule has 0 radical (unpaired) electrons. The quantitative estimate of drug-likeness (QED) is 0.579. The highest BCUT2D eigenvalue weighted by Crippen LogP contribution is 2.32. The largest absolute Gasteiger partial charge is 0.368 e. The number of carbonyl (C=O) groups excluding carboxylic acids is 1. The number of benzene rings is 2. The fourth-order valence-electron chi connectivity index (χ4n) is 5.12. The lowest BCUT2D eigenvalue weighted by atomic mass is 10.1. The van der Waals surface area contributed by atoms with E-state index in [-0.39, 0.29) is 24.0 Å². The first-order valence-corrected chi connectivity index (χ1v) is 12.4. The van der Waals surface area contributed by atoms with Crippen molar-refractivity contribution in [1.29, 1.82) is 0 Å². The van der Waals surface area contributed by atoms with Crippen LogP contribution in [0.1, 0.15) is 38.3 Å². The second kappa shape index (κ2) is 9.16. The number of carbonyl (C=O) groups is 1. The van der Waals surface area contributed by atoms with Crippen LogP contribution in [0.2, 0.25) is 10.0 Å². The van der Waals surface area contributed by atoms with Gasteiger partial charge < -0.3 is 19.7 Å². The lowest BCUT2D eigenvalue weighted by Gasteiger charge is -2.42. The monoisotopic (exact) mass is 485 g/mol. The highest BCUT2D eigenvalue weighted by molar-refractivity contribution is 6.35. The maximum Gasteiger partial charge on any atom is 0.240 e. The average Bonchev–Trinajstić information content (AvgIpc) is 3.48. The zero-order chi connectivity index (χ0) is 23.1. The van der Waals surface area contributed by atoms with Crippen LogP contribution in [0, 0.1) is 0 Å². The van der Waals surface area contributed by atoms with Crippen molar-refractivity contribution in [3.8, 4) is 0 Å². The Morgan fingerprint density at radius 1 is 1.18 bits per heavy atom. The predicted octanol–water partition coefficient (Wildman–Crippen LogP) is 4.74. The fourth-order valence-corrected chi connectivity index (χ4v) is 5.69. The van der Waals surface area contributed by atoms with Crippen LogP contribution in [-0.4, -0.2) is 58.6 Å². The summed E-state index contributed by atoms with van der Waals surface area (Å²) >= 11 is 12.6. The molecule has 2 saturated heterocycles. The van der Waals surface area contributed by atoms with E-state index in [1.165, 1.54) is 0 Å². The van der Waals surface area contributed by atoms with E-state index >= 15 is 0 Å². The second-order valence-electron chi connectivity index (χ2n) is 9.14. The predicted molar refractivity (Wildman–Crippen MR) is 134 cm³/mol. The number of halogens is 2. The molecule has 3 aromatic rings. The third-order valence-corrected chi connectivity index (χ3v) is 7.58. The van der Waals surface area contributed by atoms with Gasteiger partial charge in [-0.2, -0.15) is 0 Å². The number of rotatable bonds is 4. The lowest BCUT2D eigenvalue weighted by Crippen LogP contribution is -2.57. The van der Waals surface area contributed by atoms with Crippen LogP contribution in [0.3, 0.4) is 0 Å². The molecule has 1 N–H and O–H groups in total. The molecule has 1 amide bonds. The van der Waals surface area contributed by atoms with Crippen LogP contribution < -0.4 is 10.2 Å². The summed E-state index contributed by atoms with van der Waals surface area (Å²) in [6, 6.07) is 12.2. The number of nitrogens with one attached hydrogen (secondary N) is 1. The van der Waals surface area contributed by atoms with Crippen LogP contribution in [-0.2, 0) is 4.79 Å². The van der Waals surface area contributed by atoms with E-state index in [2.05, 4.69) is 51.8 Å². The Morgan fingerprint density at radius 3 is 2.76 bits per heavy atom. The fraction of sp³-hybridized carbons (Fsp3) is 0.440. The van der Waals surface area contributed by atoms with E-state index in [1.54, 1.807) is 6.07 Å². The molecule has 0 spiro atoms. The second-order valence-corrected chi connectivity index (χ2v) is 9.99. The Kier molecular flexibility index (Phi) is 6.25. The third-order valence-electron chi connectivity index (χ3n) is 7.02. The summed E-state index contributed by atoms with van der Waals surface area (Å²) < 4.78 is 2.16. The van der Waals surface area contributed by atoms with Gasteiger partial charge in [0.2, 0.25) is 5.91 Å². The number of imidazole rings is 1. The van der Waals surface area contributed by atoms with Gasteiger partial charge in [-0.05, 0) is 69.1 Å². The van der Waals surface area contributed by atoms with Gasteiger partial charge >= 0.3 is 0 Å². The molecule has 3 atom stereocenters. The van der Waals surface area contributed by atoms with Crippen molar-refractivity contribution in [3.05, 3.63) is 58.3 Å². The summed E-state index contributed by atoms with van der Waals surface area (Å²) in [6.45, 7) is 7.58. The van der Waals surface area contributed by atoms with Crippen molar-refractivity contribution >= 4 is 45.8 Å². The van der Waals surface area contributed by atoms with Crippen LogP contribution in [0.25, 0.3) is 11.0 Å². The zero-order valence-electron chi connectivity index (χ0n) is 19.0. The van der Waals surface area contributed by atoms with Gasteiger partial charge in [-0.3, -0.25) is 4.79 Å². The van der Waals surface area contributed by atoms with Gasteiger partial charge in [-0.1, -0.05) is 29.3 Å². The minimum atomic E-state index is -0.00844. The highest BCUT2D eigenvalue weighted by Gasteiger charge is 2.33. The normalized spacial score (nSPS) is 22.2. The van der Waals surface area contributed by atoms with Crippen LogP contribution in [0.5, 0.6) is 0 Å². The summed E-state index contributed by atoms with van der Waals surface area (Å²) in [6.07, 6.45) is 3.90. The van der Waals surface area contributed by atoms with Crippen LogP contribution in [0.4, 0.5) is 5.69 Å². The number of amides is 1. The molecule has 33 heavy (non-hydrogen) atoms. The Hall–Kier alpha value is -2.28. The third kappa shape index (κ3) is 4.32. The summed E-state index contributed by atoms with van der Waals surface area (Å²) in [5.41, 5.74) is 4.17. The molecule has 1 aromatic heterocycles. The number of aromatic nitrogens is 2. The van der Waals surface area contributed by atoms with Gasteiger partial charge in [0, 0.05) is 41.4 Å². The minimum absolute atomic E-state index is 0.00844. The number of fused-ring (bicyclic) bond motifs is 1. The molecule has 6 nitrogen and oxygen atoms in total. The molecule has 0 bridgehead atoms. The number of nitrogens with zero attached hydrogens (tertiary/aromatic N) is 4. The zero-order valence-corrected chi connectivity index (χ0v) is 20.5. The molecule has 2 unspecified atom stereocenters. The van der Waals surface area contributed by atoms with Crippen molar-refractivity contribution in [2.45, 2.75) is 44.8 Å². The molecule has 0 aliphatic carbocycles. The molecule has 3 heterocycles. The van der Waals surface area contributed by atoms with Crippen molar-refractivity contribution in [1.82, 2.24) is 19.8 Å². The first-order chi connectivity index (χ1) is 15.9. The van der Waals surface area contributed by atoms with E-state index in [0.29, 0.717) is 10.0 Å². The van der Waals surface area contributed by atoms with Crippen molar-refractivity contribution in [2.75, 3.05) is 31.1 Å². The SMILES string of the molecule is CC(c1ccc(Cl)cc1Cl)n1cnc2ccc(N3CCN(C(=O)C4CCCN4)[C@@H](C)C3)cc21. The van der Waals surface area contributed by atoms with Crippen molar-refractivity contribution in [2.24, 2.45) is 0 Å². The Balaban J connectivity index is 1.37. The molecule has 174 valence electrons. The Labute approximate surface area is 204 Å². The standard InChI is InChI=1S/C25H29Cl2N5O/c1-16-14-30(10-11-31(16)25(33)23-4-3-9-28-23)19-6-8-22-24(13-19)32(15-29-22)17(2)20-7-5-18(26)12-21(20)27/h5-8,12-13,15-17,23,28H,3-4,9-11,14H2,1-2H3/t16-,17?,23?/m0/s1. The smallest absolute Gasteiger partial charge is 0.240 e. The molecule has 5 rings (SSSR count). The van der Waals surface area contributed by atoms with Gasteiger partial charge in [0.25, 0.3) is 0 Å². The Bertz CT molecular complexity index is 1170. The molecule has 2 fully saturated rings. The first kappa shape index (κ1) is 22.5. The number of anilines is 1. The molecular formula is C25H29Cl2N5O. The van der Waals surface area contributed by atoms with Crippen LogP contribution in [0.15, 0.2) is 42.7 Å². The number of piperazine rings is 1. The molecular weight excluding hydrogens is 457 g/mol. The molecule has 0 saturated carbocycles. The number of hydrogen-bond donors (Lipinski definition) is 1. The minimum Gasteiger partial charge on any atom is -0.368 e. The topological polar surface area (TPSA) is 53.4 Å². The summed E-state index contributed by atoms with van der Waals surface area (Å²) in [7, 11) is 0. The summed E-state index contributed by atoms with van der Waals surface area (Å²) in [5, 5.41) is 4.62. The van der Waals surface area contributed by atoms with E-state index in [0.717, 1.165) is 61.3 Å². The molecule has 2 aromatic carbocycles. The Morgan fingerprint density at radius 2 is 2.03 bits per heavy atom. The van der Waals surface area contributed by atoms with Gasteiger partial charge in [0.15, 0.2) is 0 Å². The summed E-state index contributed by atoms with van der Waals surface area (Å²) in [4.78, 5) is 21.9. The number of hydrogen-bond acceptors (Lipinski definition) is 4. The van der Waals surface area contributed by atoms with Gasteiger partial charge in [0.05, 0.1) is 29.4 Å². The first-order valence-electron chi connectivity index (χ1n) is 11.6. The van der Waals surface area contributed by atoms with Crippen molar-refractivity contribution in [3.63, 3.8) is 0 Å². The van der Waals surface area contributed by atoms with E-state index in [1.807, 2.05) is 23.4 Å². The highest BCUT2D eigenvalue weighted by atomic mass is 35.5. The molecule has 2 aliphatic heterocycles.